The van der Waals surface area contributed by atoms with E-state index in [9.17, 15) is 13.2 Å². The van der Waals surface area contributed by atoms with Gasteiger partial charge in [-0.25, -0.2) is 4.31 Å². The van der Waals surface area contributed by atoms with E-state index in [2.05, 4.69) is 0 Å². The number of benzene rings is 1. The summed E-state index contributed by atoms with van der Waals surface area (Å²) in [4.78, 5) is 11.5. The molecule has 1 aromatic carbocycles. The van der Waals surface area contributed by atoms with E-state index in [4.69, 9.17) is 22.3 Å². The van der Waals surface area contributed by atoms with E-state index >= 15 is 0 Å². The lowest BCUT2D eigenvalue weighted by Crippen LogP contribution is -2.54. The maximum Gasteiger partial charge on any atom is 0.324 e. The Balaban J connectivity index is 2.42. The van der Waals surface area contributed by atoms with Crippen molar-refractivity contribution in [3.63, 3.8) is 0 Å². The van der Waals surface area contributed by atoms with Crippen LogP contribution in [0.25, 0.3) is 0 Å². The summed E-state index contributed by atoms with van der Waals surface area (Å²) in [6.07, 6.45) is 0. The first-order valence-corrected chi connectivity index (χ1v) is 7.50. The minimum absolute atomic E-state index is 0.415. The van der Waals surface area contributed by atoms with Crippen LogP contribution in [0.2, 0.25) is 5.02 Å². The maximum atomic E-state index is 11.5. The number of carbonyl (C=O) groups is 1. The van der Waals surface area contributed by atoms with Gasteiger partial charge in [-0.05, 0) is 17.7 Å². The van der Waals surface area contributed by atoms with Crippen molar-refractivity contribution in [2.24, 2.45) is 5.92 Å². The molecule has 2 atom stereocenters. The minimum Gasteiger partial charge on any atom is -0.273 e. The third-order valence-corrected chi connectivity index (χ3v) is 4.32. The molecule has 17 heavy (non-hydrogen) atoms. The molecule has 1 aromatic rings. The zero-order valence-electron chi connectivity index (χ0n) is 8.80. The van der Waals surface area contributed by atoms with Crippen LogP contribution >= 0.6 is 22.3 Å². The fourth-order valence-electron chi connectivity index (χ4n) is 1.95. The number of hydrogen-bond donors (Lipinski definition) is 0. The van der Waals surface area contributed by atoms with Gasteiger partial charge in [-0.15, -0.1) is 0 Å². The topological polar surface area (TPSA) is 54.5 Å². The highest BCUT2D eigenvalue weighted by Gasteiger charge is 2.51. The van der Waals surface area contributed by atoms with Crippen molar-refractivity contribution in [1.29, 1.82) is 0 Å². The molecule has 2 unspecified atom stereocenters. The van der Waals surface area contributed by atoms with Gasteiger partial charge in [-0.1, -0.05) is 30.7 Å². The molecule has 1 aliphatic heterocycles. The average molecular weight is 294 g/mol. The molecule has 0 N–H and O–H groups in total. The summed E-state index contributed by atoms with van der Waals surface area (Å²) in [6, 6.07) is 6.16. The van der Waals surface area contributed by atoms with E-state index in [1.807, 2.05) is 0 Å². The number of amides is 1. The molecule has 4 nitrogen and oxygen atoms in total. The van der Waals surface area contributed by atoms with Crippen molar-refractivity contribution in [2.75, 3.05) is 0 Å². The van der Waals surface area contributed by atoms with Crippen LogP contribution in [0, 0.1) is 5.92 Å². The summed E-state index contributed by atoms with van der Waals surface area (Å²) in [7, 11) is 1.18. The molecule has 1 fully saturated rings. The predicted octanol–water partition coefficient (Wildman–Crippen LogP) is 2.34. The number of hydrogen-bond acceptors (Lipinski definition) is 3. The molecule has 0 aliphatic carbocycles. The Kier molecular flexibility index (Phi) is 3.10. The maximum absolute atomic E-state index is 11.5. The Morgan fingerprint density at radius 2 is 2.00 bits per heavy atom. The quantitative estimate of drug-likeness (QED) is 0.621. The first kappa shape index (κ1) is 12.7. The lowest BCUT2D eigenvalue weighted by atomic mass is 9.87. The first-order chi connectivity index (χ1) is 7.82. The van der Waals surface area contributed by atoms with Crippen LogP contribution in [-0.2, 0) is 14.0 Å². The van der Waals surface area contributed by atoms with Crippen molar-refractivity contribution in [1.82, 2.24) is 4.31 Å². The van der Waals surface area contributed by atoms with E-state index in [-0.39, 0.29) is 0 Å². The van der Waals surface area contributed by atoms with Gasteiger partial charge in [-0.3, -0.25) is 4.79 Å². The summed E-state index contributed by atoms with van der Waals surface area (Å²) < 4.78 is 23.2. The third kappa shape index (κ3) is 2.14. The first-order valence-electron chi connectivity index (χ1n) is 4.85. The number of nitrogens with zero attached hydrogens (tertiary/aromatic N) is 1. The molecule has 2 rings (SSSR count). The van der Waals surface area contributed by atoms with E-state index in [0.29, 0.717) is 14.9 Å². The second-order valence-corrected chi connectivity index (χ2v) is 6.69. The second kappa shape index (κ2) is 4.15. The van der Waals surface area contributed by atoms with Crippen LogP contribution in [-0.4, -0.2) is 18.6 Å². The molecule has 0 radical (unpaired) electrons. The molecule has 0 saturated carbocycles. The van der Waals surface area contributed by atoms with Gasteiger partial charge in [0.2, 0.25) is 5.91 Å². The zero-order valence-corrected chi connectivity index (χ0v) is 11.1. The monoisotopic (exact) mass is 293 g/mol. The van der Waals surface area contributed by atoms with Crippen LogP contribution in [0.4, 0.5) is 0 Å². The fourth-order valence-corrected chi connectivity index (χ4v) is 3.57. The van der Waals surface area contributed by atoms with Gasteiger partial charge in [0.1, 0.15) is 0 Å². The molecule has 1 heterocycles. The average Bonchev–Trinajstić information content (AvgIpc) is 2.22. The molecule has 7 heteroatoms. The molecule has 0 spiro atoms. The molecular formula is C10H9Cl2NO3S. The summed E-state index contributed by atoms with van der Waals surface area (Å²) in [5.41, 5.74) is 0.661. The summed E-state index contributed by atoms with van der Waals surface area (Å²) in [5.74, 6) is -0.910. The van der Waals surface area contributed by atoms with Gasteiger partial charge in [0.25, 0.3) is 0 Å². The lowest BCUT2D eigenvalue weighted by Gasteiger charge is -2.43. The number of carbonyl (C=O) groups excluding carboxylic acids is 1. The van der Waals surface area contributed by atoms with E-state index in [0.717, 1.165) is 0 Å². The Hall–Kier alpha value is -0.780. The van der Waals surface area contributed by atoms with Crippen molar-refractivity contribution in [2.45, 2.75) is 13.0 Å². The van der Waals surface area contributed by atoms with Gasteiger partial charge in [0, 0.05) is 15.7 Å². The Labute approximate surface area is 109 Å². The SMILES string of the molecule is CC1C(=O)N(S(=O)(=O)Cl)C1c1cccc(Cl)c1. The highest BCUT2D eigenvalue weighted by atomic mass is 35.7. The third-order valence-electron chi connectivity index (χ3n) is 2.76. The van der Waals surface area contributed by atoms with E-state index in [1.54, 1.807) is 31.2 Å². The Bertz CT molecular complexity index is 573. The Morgan fingerprint density at radius 1 is 1.35 bits per heavy atom. The van der Waals surface area contributed by atoms with Crippen LogP contribution in [0.15, 0.2) is 24.3 Å². The van der Waals surface area contributed by atoms with Crippen LogP contribution < -0.4 is 0 Å². The summed E-state index contributed by atoms with van der Waals surface area (Å²) >= 11 is 5.83. The zero-order chi connectivity index (χ0) is 12.8. The highest BCUT2D eigenvalue weighted by molar-refractivity contribution is 8.12. The van der Waals surface area contributed by atoms with Gasteiger partial charge in [0.05, 0.1) is 12.0 Å². The molecule has 0 bridgehead atoms. The molecule has 92 valence electrons. The molecule has 0 aromatic heterocycles. The Morgan fingerprint density at radius 3 is 2.53 bits per heavy atom. The van der Waals surface area contributed by atoms with Gasteiger partial charge in [-0.2, -0.15) is 8.42 Å². The van der Waals surface area contributed by atoms with Crippen LogP contribution in [0.3, 0.4) is 0 Å². The van der Waals surface area contributed by atoms with Gasteiger partial charge < -0.3 is 0 Å². The summed E-state index contributed by atoms with van der Waals surface area (Å²) in [5, 5.41) is 0.487. The highest BCUT2D eigenvalue weighted by Crippen LogP contribution is 2.43. The minimum atomic E-state index is -4.05. The second-order valence-electron chi connectivity index (χ2n) is 3.86. The van der Waals surface area contributed by atoms with Crippen molar-refractivity contribution in [3.05, 3.63) is 34.9 Å². The molecule has 1 aliphatic rings. The molecule has 1 saturated heterocycles. The van der Waals surface area contributed by atoms with E-state index in [1.165, 1.54) is 0 Å². The van der Waals surface area contributed by atoms with Crippen molar-refractivity contribution < 1.29 is 13.2 Å². The standard InChI is InChI=1S/C10H9Cl2NO3S/c1-6-9(7-3-2-4-8(11)5-7)13(10(6)14)17(12,15)16/h2-6,9H,1H3. The van der Waals surface area contributed by atoms with E-state index < -0.39 is 27.1 Å². The van der Waals surface area contributed by atoms with Crippen molar-refractivity contribution >= 4 is 37.4 Å². The largest absolute Gasteiger partial charge is 0.324 e. The summed E-state index contributed by atoms with van der Waals surface area (Å²) in [6.45, 7) is 1.66. The van der Waals surface area contributed by atoms with Gasteiger partial charge in [0.15, 0.2) is 0 Å². The lowest BCUT2D eigenvalue weighted by molar-refractivity contribution is -0.145. The number of halogens is 2. The number of β-lactam (4-membered cyclic amide) rings is 1. The predicted molar refractivity (Wildman–Crippen MR) is 65.0 cm³/mol. The van der Waals surface area contributed by atoms with Gasteiger partial charge >= 0.3 is 9.24 Å². The van der Waals surface area contributed by atoms with Crippen LogP contribution in [0.1, 0.15) is 18.5 Å². The fraction of sp³-hybridized carbons (Fsp3) is 0.300. The van der Waals surface area contributed by atoms with Crippen LogP contribution in [0.5, 0.6) is 0 Å². The molecular weight excluding hydrogens is 285 g/mol. The normalized spacial score (nSPS) is 24.6. The molecule has 1 amide bonds. The van der Waals surface area contributed by atoms with Crippen molar-refractivity contribution in [3.8, 4) is 0 Å². The number of rotatable bonds is 2. The smallest absolute Gasteiger partial charge is 0.273 e.